The van der Waals surface area contributed by atoms with Crippen molar-refractivity contribution in [2.24, 2.45) is 0 Å². The summed E-state index contributed by atoms with van der Waals surface area (Å²) < 4.78 is 0. The lowest BCUT2D eigenvalue weighted by atomic mass is 9.91. The molecule has 0 spiro atoms. The number of fused-ring (bicyclic) bond motifs is 1. The van der Waals surface area contributed by atoms with Crippen LogP contribution >= 0.6 is 22.9 Å². The minimum absolute atomic E-state index is 0.520. The molecule has 2 aromatic heterocycles. The highest BCUT2D eigenvalue weighted by molar-refractivity contribution is 7.19. The highest BCUT2D eigenvalue weighted by atomic mass is 35.5. The molecule has 0 atom stereocenters. The molecule has 1 saturated carbocycles. The van der Waals surface area contributed by atoms with Gasteiger partial charge >= 0.3 is 0 Å². The van der Waals surface area contributed by atoms with E-state index in [9.17, 15) is 0 Å². The van der Waals surface area contributed by atoms with Gasteiger partial charge in [-0.2, -0.15) is 0 Å². The van der Waals surface area contributed by atoms with Crippen LogP contribution < -0.4 is 0 Å². The second-order valence-electron chi connectivity index (χ2n) is 6.12. The highest BCUT2D eigenvalue weighted by Crippen LogP contribution is 2.51. The fourth-order valence-electron chi connectivity index (χ4n) is 3.28. The van der Waals surface area contributed by atoms with E-state index in [1.54, 1.807) is 10.4 Å². The van der Waals surface area contributed by atoms with Crippen molar-refractivity contribution in [2.45, 2.75) is 37.5 Å². The molecule has 0 N–H and O–H groups in total. The molecule has 3 heterocycles. The standard InChI is InChI=1S/C15H18ClN3S/c1-19-6-4-10(5-7-19)14-13(9-2-3-9)11-8-12(16)17-18-15(11)20-14/h8-10H,2-7H2,1H3. The van der Waals surface area contributed by atoms with Gasteiger partial charge in [0.25, 0.3) is 0 Å². The van der Waals surface area contributed by atoms with Crippen LogP contribution in [-0.2, 0) is 0 Å². The maximum absolute atomic E-state index is 6.05. The Labute approximate surface area is 127 Å². The molecule has 4 rings (SSSR count). The van der Waals surface area contributed by atoms with Gasteiger partial charge in [0.15, 0.2) is 5.15 Å². The monoisotopic (exact) mass is 307 g/mol. The maximum Gasteiger partial charge on any atom is 0.152 e. The Morgan fingerprint density at radius 3 is 2.60 bits per heavy atom. The number of halogens is 1. The largest absolute Gasteiger partial charge is 0.306 e. The SMILES string of the molecule is CN1CCC(c2sc3nnc(Cl)cc3c2C2CC2)CC1. The molecule has 2 aromatic rings. The van der Waals surface area contributed by atoms with E-state index in [0.717, 1.165) is 10.7 Å². The minimum Gasteiger partial charge on any atom is -0.306 e. The van der Waals surface area contributed by atoms with E-state index in [2.05, 4.69) is 22.1 Å². The minimum atomic E-state index is 0.520. The second kappa shape index (κ2) is 4.93. The number of thiophene rings is 1. The number of likely N-dealkylation sites (tertiary alicyclic amines) is 1. The molecule has 0 radical (unpaired) electrons. The quantitative estimate of drug-likeness (QED) is 0.838. The maximum atomic E-state index is 6.05. The lowest BCUT2D eigenvalue weighted by molar-refractivity contribution is 0.256. The second-order valence-corrected chi connectivity index (χ2v) is 7.54. The topological polar surface area (TPSA) is 29.0 Å². The third-order valence-corrected chi connectivity index (χ3v) is 6.02. The number of piperidine rings is 1. The van der Waals surface area contributed by atoms with Crippen LogP contribution in [0.15, 0.2) is 6.07 Å². The molecule has 0 unspecified atom stereocenters. The first-order valence-electron chi connectivity index (χ1n) is 7.36. The molecular weight excluding hydrogens is 290 g/mol. The van der Waals surface area contributed by atoms with Gasteiger partial charge in [-0.05, 0) is 69.3 Å². The van der Waals surface area contributed by atoms with Gasteiger partial charge in [0, 0.05) is 10.3 Å². The average molecular weight is 308 g/mol. The summed E-state index contributed by atoms with van der Waals surface area (Å²) in [5, 5.41) is 10.1. The molecule has 106 valence electrons. The Bertz CT molecular complexity index is 642. The summed E-state index contributed by atoms with van der Waals surface area (Å²) in [6.45, 7) is 2.41. The van der Waals surface area contributed by atoms with Gasteiger partial charge in [0.2, 0.25) is 0 Å². The summed E-state index contributed by atoms with van der Waals surface area (Å²) in [6, 6.07) is 2.02. The molecule has 0 aromatic carbocycles. The van der Waals surface area contributed by atoms with Crippen molar-refractivity contribution in [3.05, 3.63) is 21.7 Å². The fourth-order valence-corrected chi connectivity index (χ4v) is 4.79. The lowest BCUT2D eigenvalue weighted by Crippen LogP contribution is -2.29. The van der Waals surface area contributed by atoms with Crippen LogP contribution in [0.5, 0.6) is 0 Å². The van der Waals surface area contributed by atoms with Gasteiger partial charge in [-0.3, -0.25) is 0 Å². The summed E-state index contributed by atoms with van der Waals surface area (Å²) in [5.41, 5.74) is 1.55. The van der Waals surface area contributed by atoms with Crippen molar-refractivity contribution < 1.29 is 0 Å². The van der Waals surface area contributed by atoms with E-state index < -0.39 is 0 Å². The first-order chi connectivity index (χ1) is 9.72. The molecule has 3 nitrogen and oxygen atoms in total. The van der Waals surface area contributed by atoms with Crippen molar-refractivity contribution in [1.82, 2.24) is 15.1 Å². The summed E-state index contributed by atoms with van der Waals surface area (Å²) in [5.74, 6) is 1.46. The van der Waals surface area contributed by atoms with Gasteiger partial charge in [0.05, 0.1) is 0 Å². The molecule has 1 aliphatic heterocycles. The zero-order valence-electron chi connectivity index (χ0n) is 11.6. The van der Waals surface area contributed by atoms with Crippen molar-refractivity contribution in [3.8, 4) is 0 Å². The summed E-state index contributed by atoms with van der Waals surface area (Å²) in [4.78, 5) is 5.08. The van der Waals surface area contributed by atoms with E-state index >= 15 is 0 Å². The van der Waals surface area contributed by atoms with E-state index in [4.69, 9.17) is 11.6 Å². The molecular formula is C15H18ClN3S. The van der Waals surface area contributed by atoms with Gasteiger partial charge < -0.3 is 4.90 Å². The van der Waals surface area contributed by atoms with Gasteiger partial charge in [-0.25, -0.2) is 0 Å². The van der Waals surface area contributed by atoms with Crippen LogP contribution in [0.4, 0.5) is 0 Å². The fraction of sp³-hybridized carbons (Fsp3) is 0.600. The van der Waals surface area contributed by atoms with Crippen molar-refractivity contribution in [2.75, 3.05) is 20.1 Å². The Hall–Kier alpha value is -0.710. The number of rotatable bonds is 2. The first kappa shape index (κ1) is 13.0. The molecule has 1 aliphatic carbocycles. The van der Waals surface area contributed by atoms with Gasteiger partial charge in [-0.15, -0.1) is 21.5 Å². The lowest BCUT2D eigenvalue weighted by Gasteiger charge is -2.29. The van der Waals surface area contributed by atoms with Gasteiger partial charge in [-0.1, -0.05) is 11.6 Å². The molecule has 2 fully saturated rings. The summed E-state index contributed by atoms with van der Waals surface area (Å²) in [6.07, 6.45) is 5.19. The van der Waals surface area contributed by atoms with E-state index in [-0.39, 0.29) is 0 Å². The molecule has 1 saturated heterocycles. The number of aromatic nitrogens is 2. The third-order valence-electron chi connectivity index (χ3n) is 4.57. The molecule has 20 heavy (non-hydrogen) atoms. The number of hydrogen-bond donors (Lipinski definition) is 0. The van der Waals surface area contributed by atoms with Crippen LogP contribution in [0.1, 0.15) is 48.0 Å². The average Bonchev–Trinajstić information content (AvgIpc) is 3.21. The van der Waals surface area contributed by atoms with E-state index in [0.29, 0.717) is 11.1 Å². The predicted molar refractivity (Wildman–Crippen MR) is 83.9 cm³/mol. The first-order valence-corrected chi connectivity index (χ1v) is 8.56. The highest BCUT2D eigenvalue weighted by Gasteiger charge is 2.33. The zero-order chi connectivity index (χ0) is 13.7. The molecule has 0 bridgehead atoms. The van der Waals surface area contributed by atoms with Crippen molar-refractivity contribution in [3.63, 3.8) is 0 Å². The summed E-state index contributed by atoms with van der Waals surface area (Å²) >= 11 is 7.91. The number of nitrogens with zero attached hydrogens (tertiary/aromatic N) is 3. The number of hydrogen-bond acceptors (Lipinski definition) is 4. The predicted octanol–water partition coefficient (Wildman–Crippen LogP) is 4.03. The van der Waals surface area contributed by atoms with Crippen LogP contribution in [0.3, 0.4) is 0 Å². The van der Waals surface area contributed by atoms with Crippen molar-refractivity contribution in [1.29, 1.82) is 0 Å². The Morgan fingerprint density at radius 1 is 1.15 bits per heavy atom. The van der Waals surface area contributed by atoms with Crippen LogP contribution in [0, 0.1) is 0 Å². The van der Waals surface area contributed by atoms with Crippen molar-refractivity contribution >= 4 is 33.2 Å². The zero-order valence-corrected chi connectivity index (χ0v) is 13.2. The van der Waals surface area contributed by atoms with Crippen LogP contribution in [-0.4, -0.2) is 35.2 Å². The van der Waals surface area contributed by atoms with Gasteiger partial charge in [0.1, 0.15) is 4.83 Å². The normalized spacial score (nSPS) is 21.7. The molecule has 0 amide bonds. The molecule has 2 aliphatic rings. The Balaban J connectivity index is 1.80. The molecule has 5 heteroatoms. The summed E-state index contributed by atoms with van der Waals surface area (Å²) in [7, 11) is 2.22. The van der Waals surface area contributed by atoms with Crippen LogP contribution in [0.2, 0.25) is 5.15 Å². The Morgan fingerprint density at radius 2 is 1.90 bits per heavy atom. The Kier molecular flexibility index (Phi) is 3.20. The third kappa shape index (κ3) is 2.24. The van der Waals surface area contributed by atoms with E-state index in [1.807, 2.05) is 17.4 Å². The smallest absolute Gasteiger partial charge is 0.152 e. The van der Waals surface area contributed by atoms with Crippen LogP contribution in [0.25, 0.3) is 10.2 Å². The van der Waals surface area contributed by atoms with E-state index in [1.165, 1.54) is 44.2 Å².